The van der Waals surface area contributed by atoms with Crippen molar-refractivity contribution < 1.29 is 18.3 Å². The minimum absolute atomic E-state index is 0.267. The number of carbonyl (C=O) groups excluding carboxylic acids is 1. The highest BCUT2D eigenvalue weighted by Crippen LogP contribution is 2.20. The van der Waals surface area contributed by atoms with Gasteiger partial charge in [0.2, 0.25) is 0 Å². The fraction of sp³-hybridized carbons (Fsp3) is 0.375. The van der Waals surface area contributed by atoms with E-state index in [0.29, 0.717) is 23.6 Å². The van der Waals surface area contributed by atoms with E-state index in [4.69, 9.17) is 4.74 Å². The normalized spacial score (nSPS) is 10.1. The molecule has 4 nitrogen and oxygen atoms in total. The summed E-state index contributed by atoms with van der Waals surface area (Å²) in [6.45, 7) is 7.72. The zero-order valence-corrected chi connectivity index (χ0v) is 13.1. The molecule has 0 N–H and O–H groups in total. The molecule has 120 valence electrons. The molecular formula is C16H20F2N2O2. The second kappa shape index (κ2) is 8.26. The Morgan fingerprint density at radius 2 is 1.86 bits per heavy atom. The maximum absolute atomic E-state index is 12.6. The molecule has 0 atom stereocenters. The molecule has 2 rings (SSSR count). The van der Waals surface area contributed by atoms with Crippen LogP contribution in [0.25, 0.3) is 5.69 Å². The second-order valence-corrected chi connectivity index (χ2v) is 4.19. The number of ether oxygens (including phenoxy) is 1. The van der Waals surface area contributed by atoms with Gasteiger partial charge in [-0.05, 0) is 44.2 Å². The van der Waals surface area contributed by atoms with E-state index in [1.54, 1.807) is 38.1 Å². The maximum Gasteiger partial charge on any atom is 0.338 e. The van der Waals surface area contributed by atoms with Crippen LogP contribution in [-0.4, -0.2) is 22.4 Å². The van der Waals surface area contributed by atoms with Gasteiger partial charge >= 0.3 is 5.97 Å². The molecule has 0 amide bonds. The van der Waals surface area contributed by atoms with Gasteiger partial charge in [-0.1, -0.05) is 13.8 Å². The summed E-state index contributed by atoms with van der Waals surface area (Å²) >= 11 is 0. The predicted octanol–water partition coefficient (Wildman–Crippen LogP) is 4.32. The van der Waals surface area contributed by atoms with E-state index in [2.05, 4.69) is 5.10 Å². The van der Waals surface area contributed by atoms with E-state index in [0.717, 1.165) is 0 Å². The lowest BCUT2D eigenvalue weighted by molar-refractivity contribution is 0.0526. The number of alkyl halides is 2. The number of nitrogens with zero attached hydrogens (tertiary/aromatic N) is 2. The van der Waals surface area contributed by atoms with Gasteiger partial charge in [0.25, 0.3) is 6.43 Å². The van der Waals surface area contributed by atoms with Crippen LogP contribution in [0, 0.1) is 6.92 Å². The van der Waals surface area contributed by atoms with Crippen molar-refractivity contribution in [2.75, 3.05) is 6.61 Å². The molecule has 0 aliphatic carbocycles. The highest BCUT2D eigenvalue weighted by molar-refractivity contribution is 5.89. The zero-order valence-electron chi connectivity index (χ0n) is 13.1. The first-order valence-corrected chi connectivity index (χ1v) is 7.15. The Morgan fingerprint density at radius 3 is 2.32 bits per heavy atom. The molecule has 0 aliphatic rings. The molecule has 0 bridgehead atoms. The standard InChI is InChI=1S/C14H14F2N2O2.C2H6/c1-3-20-14(19)10-4-6-11(7-5-10)18-9(2)8-12(17-18)13(15)16;1-2/h4-8,13H,3H2,1-2H3;1-2H3. The summed E-state index contributed by atoms with van der Waals surface area (Å²) in [6, 6.07) is 7.78. The molecule has 0 radical (unpaired) electrons. The molecule has 0 aliphatic heterocycles. The molecule has 2 aromatic rings. The van der Waals surface area contributed by atoms with Gasteiger partial charge in [0.1, 0.15) is 5.69 Å². The van der Waals surface area contributed by atoms with Gasteiger partial charge in [0.15, 0.2) is 0 Å². The monoisotopic (exact) mass is 310 g/mol. The number of rotatable bonds is 4. The van der Waals surface area contributed by atoms with Gasteiger partial charge in [0.05, 0.1) is 17.9 Å². The first-order valence-electron chi connectivity index (χ1n) is 7.15. The molecule has 6 heteroatoms. The molecule has 1 aromatic carbocycles. The highest BCUT2D eigenvalue weighted by Gasteiger charge is 2.14. The van der Waals surface area contributed by atoms with Crippen LogP contribution in [-0.2, 0) is 4.74 Å². The minimum Gasteiger partial charge on any atom is -0.462 e. The largest absolute Gasteiger partial charge is 0.462 e. The number of esters is 1. The van der Waals surface area contributed by atoms with Crippen molar-refractivity contribution in [2.24, 2.45) is 0 Å². The Hall–Kier alpha value is -2.24. The first kappa shape index (κ1) is 17.8. The SMILES string of the molecule is CC.CCOC(=O)c1ccc(-n2nc(C(F)F)cc2C)cc1. The number of aromatic nitrogens is 2. The number of benzene rings is 1. The lowest BCUT2D eigenvalue weighted by Gasteiger charge is -2.06. The van der Waals surface area contributed by atoms with Crippen molar-refractivity contribution in [3.8, 4) is 5.69 Å². The molecule has 1 heterocycles. The lowest BCUT2D eigenvalue weighted by atomic mass is 10.2. The van der Waals surface area contributed by atoms with Crippen LogP contribution in [0.3, 0.4) is 0 Å². The third kappa shape index (κ3) is 4.13. The smallest absolute Gasteiger partial charge is 0.338 e. The van der Waals surface area contributed by atoms with Gasteiger partial charge in [0, 0.05) is 5.69 Å². The van der Waals surface area contributed by atoms with Gasteiger partial charge in [-0.25, -0.2) is 18.3 Å². The predicted molar refractivity (Wildman–Crippen MR) is 80.6 cm³/mol. The molecule has 1 aromatic heterocycles. The van der Waals surface area contributed by atoms with E-state index in [1.807, 2.05) is 13.8 Å². The van der Waals surface area contributed by atoms with Gasteiger partial charge in [-0.2, -0.15) is 5.10 Å². The van der Waals surface area contributed by atoms with Crippen molar-refractivity contribution in [1.82, 2.24) is 9.78 Å². The van der Waals surface area contributed by atoms with E-state index >= 15 is 0 Å². The molecule has 0 fully saturated rings. The Kier molecular flexibility index (Phi) is 6.69. The van der Waals surface area contributed by atoms with Crippen LogP contribution in [0.15, 0.2) is 30.3 Å². The van der Waals surface area contributed by atoms with Crippen molar-refractivity contribution in [3.05, 3.63) is 47.3 Å². The number of aryl methyl sites for hydroxylation is 1. The molecule has 22 heavy (non-hydrogen) atoms. The zero-order chi connectivity index (χ0) is 16.7. The average Bonchev–Trinajstić information content (AvgIpc) is 2.92. The Balaban J connectivity index is 0.00000116. The second-order valence-electron chi connectivity index (χ2n) is 4.19. The molecular weight excluding hydrogens is 290 g/mol. The van der Waals surface area contributed by atoms with E-state index in [-0.39, 0.29) is 5.69 Å². The topological polar surface area (TPSA) is 44.1 Å². The molecule has 0 spiro atoms. The van der Waals surface area contributed by atoms with E-state index in [1.165, 1.54) is 10.7 Å². The molecule has 0 unspecified atom stereocenters. The number of halogens is 2. The van der Waals surface area contributed by atoms with E-state index in [9.17, 15) is 13.6 Å². The average molecular weight is 310 g/mol. The fourth-order valence-electron chi connectivity index (χ4n) is 1.82. The Labute approximate surface area is 128 Å². The summed E-state index contributed by atoms with van der Waals surface area (Å²) in [5, 5.41) is 3.84. The fourth-order valence-corrected chi connectivity index (χ4v) is 1.82. The van der Waals surface area contributed by atoms with Crippen molar-refractivity contribution in [3.63, 3.8) is 0 Å². The Morgan fingerprint density at radius 1 is 1.27 bits per heavy atom. The summed E-state index contributed by atoms with van der Waals surface area (Å²) in [5.41, 5.74) is 1.36. The van der Waals surface area contributed by atoms with Gasteiger partial charge < -0.3 is 4.74 Å². The third-order valence-corrected chi connectivity index (χ3v) is 2.75. The van der Waals surface area contributed by atoms with Crippen LogP contribution < -0.4 is 0 Å². The van der Waals surface area contributed by atoms with Crippen LogP contribution in [0.1, 0.15) is 48.9 Å². The lowest BCUT2D eigenvalue weighted by Crippen LogP contribution is -2.05. The number of hydrogen-bond donors (Lipinski definition) is 0. The van der Waals surface area contributed by atoms with Gasteiger partial charge in [-0.3, -0.25) is 0 Å². The molecule has 0 saturated carbocycles. The van der Waals surface area contributed by atoms with Crippen molar-refractivity contribution in [1.29, 1.82) is 0 Å². The third-order valence-electron chi connectivity index (χ3n) is 2.75. The van der Waals surface area contributed by atoms with Crippen molar-refractivity contribution >= 4 is 5.97 Å². The van der Waals surface area contributed by atoms with Crippen LogP contribution in [0.2, 0.25) is 0 Å². The number of hydrogen-bond acceptors (Lipinski definition) is 3. The van der Waals surface area contributed by atoms with Crippen LogP contribution >= 0.6 is 0 Å². The Bertz CT molecular complexity index is 607. The summed E-state index contributed by atoms with van der Waals surface area (Å²) < 4.78 is 31.5. The maximum atomic E-state index is 12.6. The van der Waals surface area contributed by atoms with Crippen LogP contribution in [0.5, 0.6) is 0 Å². The van der Waals surface area contributed by atoms with E-state index < -0.39 is 12.4 Å². The molecule has 0 saturated heterocycles. The summed E-state index contributed by atoms with van der Waals surface area (Å²) in [4.78, 5) is 11.5. The van der Waals surface area contributed by atoms with Gasteiger partial charge in [-0.15, -0.1) is 0 Å². The summed E-state index contributed by atoms with van der Waals surface area (Å²) in [6.07, 6.45) is -2.60. The summed E-state index contributed by atoms with van der Waals surface area (Å²) in [7, 11) is 0. The number of carbonyl (C=O) groups is 1. The first-order chi connectivity index (χ1) is 10.5. The van der Waals surface area contributed by atoms with Crippen molar-refractivity contribution in [2.45, 2.75) is 34.1 Å². The quantitative estimate of drug-likeness (QED) is 0.790. The summed E-state index contributed by atoms with van der Waals surface area (Å²) in [5.74, 6) is -0.412. The minimum atomic E-state index is -2.60. The van der Waals surface area contributed by atoms with Crippen LogP contribution in [0.4, 0.5) is 8.78 Å². The highest BCUT2D eigenvalue weighted by atomic mass is 19.3.